The lowest BCUT2D eigenvalue weighted by molar-refractivity contribution is -0.0390. The minimum absolute atomic E-state index is 0.0532. The second-order valence-corrected chi connectivity index (χ2v) is 3.29. The Bertz CT molecular complexity index is 291. The SMILES string of the molecule is COCOCc1cccc([C@@H](N)CO)c1. The van der Waals surface area contributed by atoms with Crippen molar-refractivity contribution in [2.75, 3.05) is 20.5 Å². The summed E-state index contributed by atoms with van der Waals surface area (Å²) in [6.07, 6.45) is 0. The Morgan fingerprint density at radius 2 is 2.27 bits per heavy atom. The molecule has 15 heavy (non-hydrogen) atoms. The highest BCUT2D eigenvalue weighted by atomic mass is 16.7. The van der Waals surface area contributed by atoms with E-state index in [1.165, 1.54) is 0 Å². The first-order valence-corrected chi connectivity index (χ1v) is 4.80. The van der Waals surface area contributed by atoms with E-state index in [1.54, 1.807) is 7.11 Å². The predicted molar refractivity (Wildman–Crippen MR) is 57.1 cm³/mol. The van der Waals surface area contributed by atoms with E-state index in [2.05, 4.69) is 0 Å². The molecule has 3 N–H and O–H groups in total. The molecule has 1 aromatic carbocycles. The monoisotopic (exact) mass is 211 g/mol. The van der Waals surface area contributed by atoms with Gasteiger partial charge in [-0.05, 0) is 11.1 Å². The Morgan fingerprint density at radius 1 is 1.47 bits per heavy atom. The van der Waals surface area contributed by atoms with E-state index in [0.717, 1.165) is 11.1 Å². The van der Waals surface area contributed by atoms with Crippen LogP contribution in [0.25, 0.3) is 0 Å². The van der Waals surface area contributed by atoms with Gasteiger partial charge in [-0.2, -0.15) is 0 Å². The van der Waals surface area contributed by atoms with Gasteiger partial charge in [0.2, 0.25) is 0 Å². The maximum Gasteiger partial charge on any atom is 0.146 e. The summed E-state index contributed by atoms with van der Waals surface area (Å²) in [4.78, 5) is 0. The van der Waals surface area contributed by atoms with E-state index in [0.29, 0.717) is 6.61 Å². The second-order valence-electron chi connectivity index (χ2n) is 3.29. The summed E-state index contributed by atoms with van der Waals surface area (Å²) in [6, 6.07) is 7.34. The standard InChI is InChI=1S/C11H17NO3/c1-14-8-15-7-9-3-2-4-10(5-9)11(12)6-13/h2-5,11,13H,6-8,12H2,1H3/t11-/m0/s1. The second kappa shape index (κ2) is 6.53. The minimum atomic E-state index is -0.327. The van der Waals surface area contributed by atoms with Crippen molar-refractivity contribution in [2.24, 2.45) is 5.73 Å². The van der Waals surface area contributed by atoms with Crippen LogP contribution in [0.15, 0.2) is 24.3 Å². The van der Waals surface area contributed by atoms with Crippen molar-refractivity contribution >= 4 is 0 Å². The number of methoxy groups -OCH3 is 1. The number of rotatable bonds is 6. The summed E-state index contributed by atoms with van der Waals surface area (Å²) >= 11 is 0. The van der Waals surface area contributed by atoms with Gasteiger partial charge < -0.3 is 20.3 Å². The number of hydrogen-bond donors (Lipinski definition) is 2. The van der Waals surface area contributed by atoms with Crippen molar-refractivity contribution in [1.29, 1.82) is 0 Å². The highest BCUT2D eigenvalue weighted by molar-refractivity contribution is 5.25. The molecule has 1 atom stereocenters. The van der Waals surface area contributed by atoms with Gasteiger partial charge in [-0.3, -0.25) is 0 Å². The van der Waals surface area contributed by atoms with Crippen LogP contribution in [0.1, 0.15) is 17.2 Å². The highest BCUT2D eigenvalue weighted by Gasteiger charge is 2.04. The van der Waals surface area contributed by atoms with E-state index >= 15 is 0 Å². The molecule has 0 bridgehead atoms. The van der Waals surface area contributed by atoms with Crippen LogP contribution in [0, 0.1) is 0 Å². The van der Waals surface area contributed by atoms with Gasteiger partial charge >= 0.3 is 0 Å². The Labute approximate surface area is 89.6 Å². The molecule has 0 unspecified atom stereocenters. The van der Waals surface area contributed by atoms with Crippen LogP contribution in [-0.2, 0) is 16.1 Å². The Kier molecular flexibility index (Phi) is 5.28. The first-order chi connectivity index (χ1) is 7.27. The molecule has 0 aliphatic rings. The maximum absolute atomic E-state index is 8.92. The zero-order valence-electron chi connectivity index (χ0n) is 8.85. The van der Waals surface area contributed by atoms with Gasteiger partial charge in [0.15, 0.2) is 0 Å². The van der Waals surface area contributed by atoms with Gasteiger partial charge in [0.25, 0.3) is 0 Å². The normalized spacial score (nSPS) is 12.7. The summed E-state index contributed by atoms with van der Waals surface area (Å²) in [5.41, 5.74) is 7.64. The summed E-state index contributed by atoms with van der Waals surface area (Å²) in [7, 11) is 1.58. The highest BCUT2D eigenvalue weighted by Crippen LogP contribution is 2.12. The fraction of sp³-hybridized carbons (Fsp3) is 0.455. The third kappa shape index (κ3) is 3.97. The Balaban J connectivity index is 2.57. The van der Waals surface area contributed by atoms with Crippen LogP contribution >= 0.6 is 0 Å². The number of hydrogen-bond acceptors (Lipinski definition) is 4. The van der Waals surface area contributed by atoms with Gasteiger partial charge in [-0.15, -0.1) is 0 Å². The summed E-state index contributed by atoms with van der Waals surface area (Å²) in [5, 5.41) is 8.92. The molecule has 4 heteroatoms. The van der Waals surface area contributed by atoms with Crippen molar-refractivity contribution in [2.45, 2.75) is 12.6 Å². The largest absolute Gasteiger partial charge is 0.394 e. The van der Waals surface area contributed by atoms with Crippen molar-refractivity contribution in [3.05, 3.63) is 35.4 Å². The van der Waals surface area contributed by atoms with Gasteiger partial charge in [0, 0.05) is 7.11 Å². The molecule has 0 radical (unpaired) electrons. The molecule has 0 heterocycles. The molecular formula is C11H17NO3. The molecular weight excluding hydrogens is 194 g/mol. The molecule has 4 nitrogen and oxygen atoms in total. The molecule has 84 valence electrons. The quantitative estimate of drug-likeness (QED) is 0.539. The predicted octanol–water partition coefficient (Wildman–Crippen LogP) is 0.799. The van der Waals surface area contributed by atoms with E-state index in [4.69, 9.17) is 20.3 Å². The van der Waals surface area contributed by atoms with Crippen LogP contribution in [-0.4, -0.2) is 25.6 Å². The van der Waals surface area contributed by atoms with Crippen LogP contribution < -0.4 is 5.73 Å². The van der Waals surface area contributed by atoms with E-state index in [-0.39, 0.29) is 19.4 Å². The Morgan fingerprint density at radius 3 is 2.93 bits per heavy atom. The zero-order valence-corrected chi connectivity index (χ0v) is 8.85. The van der Waals surface area contributed by atoms with Crippen LogP contribution in [0.3, 0.4) is 0 Å². The van der Waals surface area contributed by atoms with Crippen molar-refractivity contribution in [3.63, 3.8) is 0 Å². The molecule has 0 spiro atoms. The van der Waals surface area contributed by atoms with E-state index in [1.807, 2.05) is 24.3 Å². The number of ether oxygens (including phenoxy) is 2. The average molecular weight is 211 g/mol. The lowest BCUT2D eigenvalue weighted by atomic mass is 10.1. The van der Waals surface area contributed by atoms with Crippen LogP contribution in [0.5, 0.6) is 0 Å². The minimum Gasteiger partial charge on any atom is -0.394 e. The first kappa shape index (κ1) is 12.1. The summed E-state index contributed by atoms with van der Waals surface area (Å²) in [6.45, 7) is 0.707. The molecule has 0 aliphatic carbocycles. The van der Waals surface area contributed by atoms with Crippen molar-refractivity contribution in [1.82, 2.24) is 0 Å². The molecule has 1 rings (SSSR count). The number of aliphatic hydroxyl groups is 1. The topological polar surface area (TPSA) is 64.7 Å². The van der Waals surface area contributed by atoms with Crippen molar-refractivity contribution in [3.8, 4) is 0 Å². The Hall–Kier alpha value is -0.940. The van der Waals surface area contributed by atoms with Gasteiger partial charge in [0.05, 0.1) is 19.3 Å². The van der Waals surface area contributed by atoms with Gasteiger partial charge in [-0.25, -0.2) is 0 Å². The van der Waals surface area contributed by atoms with E-state index < -0.39 is 0 Å². The smallest absolute Gasteiger partial charge is 0.146 e. The number of nitrogens with two attached hydrogens (primary N) is 1. The molecule has 0 fully saturated rings. The molecule has 0 amide bonds. The summed E-state index contributed by atoms with van der Waals surface area (Å²) < 4.78 is 9.99. The molecule has 0 aliphatic heterocycles. The van der Waals surface area contributed by atoms with E-state index in [9.17, 15) is 0 Å². The third-order valence-electron chi connectivity index (χ3n) is 2.05. The van der Waals surface area contributed by atoms with Gasteiger partial charge in [-0.1, -0.05) is 24.3 Å². The molecule has 0 saturated heterocycles. The van der Waals surface area contributed by atoms with Crippen LogP contribution in [0.2, 0.25) is 0 Å². The fourth-order valence-corrected chi connectivity index (χ4v) is 1.26. The van der Waals surface area contributed by atoms with Crippen molar-refractivity contribution < 1.29 is 14.6 Å². The number of benzene rings is 1. The average Bonchev–Trinajstić information content (AvgIpc) is 2.29. The van der Waals surface area contributed by atoms with Crippen LogP contribution in [0.4, 0.5) is 0 Å². The molecule has 1 aromatic rings. The lowest BCUT2D eigenvalue weighted by Gasteiger charge is -2.10. The zero-order chi connectivity index (χ0) is 11.1. The number of aliphatic hydroxyl groups excluding tert-OH is 1. The summed E-state index contributed by atoms with van der Waals surface area (Å²) in [5.74, 6) is 0. The fourth-order valence-electron chi connectivity index (χ4n) is 1.26. The van der Waals surface area contributed by atoms with Gasteiger partial charge in [0.1, 0.15) is 6.79 Å². The molecule has 0 saturated carbocycles. The third-order valence-corrected chi connectivity index (χ3v) is 2.05. The maximum atomic E-state index is 8.92. The first-order valence-electron chi connectivity index (χ1n) is 4.80. The lowest BCUT2D eigenvalue weighted by Crippen LogP contribution is -2.14. The molecule has 0 aromatic heterocycles.